The average molecular weight is 324 g/mol. The minimum Gasteiger partial charge on any atom is -0.480 e. The summed E-state index contributed by atoms with van der Waals surface area (Å²) in [5.41, 5.74) is 3.17. The highest BCUT2D eigenvalue weighted by molar-refractivity contribution is 6.08. The molecule has 3 heterocycles. The molecule has 0 saturated heterocycles. The molecule has 0 saturated carbocycles. The van der Waals surface area contributed by atoms with Gasteiger partial charge in [0.2, 0.25) is 0 Å². The molecule has 24 heavy (non-hydrogen) atoms. The Morgan fingerprint density at radius 3 is 2.46 bits per heavy atom. The third-order valence-corrected chi connectivity index (χ3v) is 3.79. The summed E-state index contributed by atoms with van der Waals surface area (Å²) < 4.78 is 1.55. The van der Waals surface area contributed by atoms with Gasteiger partial charge in [-0.25, -0.2) is 9.97 Å². The number of ketones is 1. The fourth-order valence-electron chi connectivity index (χ4n) is 2.75. The number of hydrogen-bond donors (Lipinski definition) is 1. The van der Waals surface area contributed by atoms with Crippen LogP contribution in [0, 0.1) is 13.8 Å². The highest BCUT2D eigenvalue weighted by Gasteiger charge is 2.18. The maximum Gasteiger partial charge on any atom is 0.323 e. The number of Topliss-reactive ketones (excluding diaryl/α,β-unsaturated/α-hetero) is 1. The molecular formula is C17H16N4O3. The van der Waals surface area contributed by atoms with Gasteiger partial charge >= 0.3 is 5.97 Å². The van der Waals surface area contributed by atoms with Crippen molar-refractivity contribution in [1.29, 1.82) is 0 Å². The molecule has 0 fully saturated rings. The van der Waals surface area contributed by atoms with Crippen LogP contribution in [0.4, 0.5) is 0 Å². The highest BCUT2D eigenvalue weighted by atomic mass is 16.4. The van der Waals surface area contributed by atoms with E-state index in [1.165, 1.54) is 6.92 Å². The summed E-state index contributed by atoms with van der Waals surface area (Å²) in [5, 5.41) is 9.77. The standard InChI is InChI=1S/C17H16N4O3/c1-9-17-13(14(10(2)22)7-21(17)8-16(23)24)4-15(20-9)12-5-18-11(3)19-6-12/h4-7H,8H2,1-3H3,(H,23,24). The van der Waals surface area contributed by atoms with Crippen LogP contribution in [0.25, 0.3) is 22.2 Å². The zero-order valence-corrected chi connectivity index (χ0v) is 13.6. The first-order valence-corrected chi connectivity index (χ1v) is 7.39. The monoisotopic (exact) mass is 324 g/mol. The average Bonchev–Trinajstić information content (AvgIpc) is 2.86. The highest BCUT2D eigenvalue weighted by Crippen LogP contribution is 2.28. The lowest BCUT2D eigenvalue weighted by atomic mass is 10.1. The quantitative estimate of drug-likeness (QED) is 0.740. The lowest BCUT2D eigenvalue weighted by Gasteiger charge is -2.07. The van der Waals surface area contributed by atoms with Crippen molar-refractivity contribution >= 4 is 22.7 Å². The lowest BCUT2D eigenvalue weighted by Crippen LogP contribution is -2.08. The smallest absolute Gasteiger partial charge is 0.323 e. The molecule has 3 aromatic rings. The first-order chi connectivity index (χ1) is 11.4. The van der Waals surface area contributed by atoms with Crippen LogP contribution in [0.2, 0.25) is 0 Å². The van der Waals surface area contributed by atoms with E-state index in [9.17, 15) is 9.59 Å². The fourth-order valence-corrected chi connectivity index (χ4v) is 2.75. The molecule has 3 aromatic heterocycles. The third kappa shape index (κ3) is 2.76. The number of carbonyl (C=O) groups is 2. The predicted molar refractivity (Wildman–Crippen MR) is 87.9 cm³/mol. The maximum absolute atomic E-state index is 12.0. The van der Waals surface area contributed by atoms with Gasteiger partial charge in [0.25, 0.3) is 0 Å². The molecule has 0 aromatic carbocycles. The summed E-state index contributed by atoms with van der Waals surface area (Å²) in [7, 11) is 0. The van der Waals surface area contributed by atoms with E-state index in [-0.39, 0.29) is 12.3 Å². The number of carbonyl (C=O) groups excluding carboxylic acids is 1. The van der Waals surface area contributed by atoms with E-state index in [0.29, 0.717) is 33.7 Å². The Morgan fingerprint density at radius 1 is 1.21 bits per heavy atom. The molecule has 1 N–H and O–H groups in total. The molecule has 0 radical (unpaired) electrons. The number of hydrogen-bond acceptors (Lipinski definition) is 5. The fraction of sp³-hybridized carbons (Fsp3) is 0.235. The maximum atomic E-state index is 12.0. The van der Waals surface area contributed by atoms with Crippen LogP contribution in [-0.2, 0) is 11.3 Å². The molecule has 0 aliphatic carbocycles. The molecule has 0 unspecified atom stereocenters. The predicted octanol–water partition coefficient (Wildman–Crippen LogP) is 2.40. The SMILES string of the molecule is CC(=O)c1cn(CC(=O)O)c2c(C)nc(-c3cnc(C)nc3)cc12. The van der Waals surface area contributed by atoms with Crippen LogP contribution < -0.4 is 0 Å². The van der Waals surface area contributed by atoms with E-state index < -0.39 is 5.97 Å². The van der Waals surface area contributed by atoms with Crippen LogP contribution in [0.3, 0.4) is 0 Å². The van der Waals surface area contributed by atoms with Crippen LogP contribution >= 0.6 is 0 Å². The van der Waals surface area contributed by atoms with Gasteiger partial charge in [-0.2, -0.15) is 0 Å². The summed E-state index contributed by atoms with van der Waals surface area (Å²) in [6.07, 6.45) is 4.93. The summed E-state index contributed by atoms with van der Waals surface area (Å²) in [4.78, 5) is 35.9. The first-order valence-electron chi connectivity index (χ1n) is 7.39. The van der Waals surface area contributed by atoms with E-state index in [4.69, 9.17) is 5.11 Å². The number of carboxylic acid groups (broad SMARTS) is 1. The zero-order valence-electron chi connectivity index (χ0n) is 13.6. The molecule has 122 valence electrons. The van der Waals surface area contributed by atoms with Crippen molar-refractivity contribution < 1.29 is 14.7 Å². The van der Waals surface area contributed by atoms with Crippen molar-refractivity contribution in [3.63, 3.8) is 0 Å². The largest absolute Gasteiger partial charge is 0.480 e. The molecule has 7 nitrogen and oxygen atoms in total. The molecule has 0 aliphatic heterocycles. The van der Waals surface area contributed by atoms with Crippen molar-refractivity contribution in [2.45, 2.75) is 27.3 Å². The van der Waals surface area contributed by atoms with Crippen molar-refractivity contribution in [3.8, 4) is 11.3 Å². The van der Waals surface area contributed by atoms with Crippen molar-refractivity contribution in [2.24, 2.45) is 0 Å². The van der Waals surface area contributed by atoms with E-state index in [1.54, 1.807) is 43.1 Å². The molecule has 0 atom stereocenters. The topological polar surface area (TPSA) is 98.0 Å². The molecular weight excluding hydrogens is 308 g/mol. The van der Waals surface area contributed by atoms with Gasteiger partial charge in [-0.05, 0) is 26.8 Å². The number of fused-ring (bicyclic) bond motifs is 1. The molecule has 0 aliphatic rings. The molecule has 7 heteroatoms. The molecule has 0 bridgehead atoms. The second-order valence-corrected chi connectivity index (χ2v) is 5.63. The van der Waals surface area contributed by atoms with Crippen molar-refractivity contribution in [1.82, 2.24) is 19.5 Å². The van der Waals surface area contributed by atoms with Crippen molar-refractivity contribution in [2.75, 3.05) is 0 Å². The Balaban J connectivity index is 2.26. The Hall–Kier alpha value is -3.09. The molecule has 0 spiro atoms. The number of aromatic nitrogens is 4. The van der Waals surface area contributed by atoms with Gasteiger partial charge in [0.1, 0.15) is 12.4 Å². The van der Waals surface area contributed by atoms with Gasteiger partial charge in [-0.3, -0.25) is 14.6 Å². The Bertz CT molecular complexity index is 958. The Labute approximate surface area is 138 Å². The number of carboxylic acids is 1. The lowest BCUT2D eigenvalue weighted by molar-refractivity contribution is -0.137. The van der Waals surface area contributed by atoms with Gasteiger partial charge in [0.15, 0.2) is 5.78 Å². The van der Waals surface area contributed by atoms with Gasteiger partial charge in [0.05, 0.1) is 16.9 Å². The van der Waals surface area contributed by atoms with E-state index >= 15 is 0 Å². The minimum atomic E-state index is -0.975. The summed E-state index contributed by atoms with van der Waals surface area (Å²) >= 11 is 0. The third-order valence-electron chi connectivity index (χ3n) is 3.79. The van der Waals surface area contributed by atoms with Gasteiger partial charge < -0.3 is 9.67 Å². The first kappa shape index (κ1) is 15.8. The van der Waals surface area contributed by atoms with E-state index in [0.717, 1.165) is 5.56 Å². The summed E-state index contributed by atoms with van der Waals surface area (Å²) in [6, 6.07) is 1.78. The molecule has 3 rings (SSSR count). The minimum absolute atomic E-state index is 0.124. The van der Waals surface area contributed by atoms with E-state index in [2.05, 4.69) is 15.0 Å². The van der Waals surface area contributed by atoms with Gasteiger partial charge in [0, 0.05) is 35.1 Å². The number of aryl methyl sites for hydroxylation is 2. The number of rotatable bonds is 4. The second-order valence-electron chi connectivity index (χ2n) is 5.63. The number of nitrogens with zero attached hydrogens (tertiary/aromatic N) is 4. The van der Waals surface area contributed by atoms with Crippen molar-refractivity contribution in [3.05, 3.63) is 41.7 Å². The van der Waals surface area contributed by atoms with Crippen LogP contribution in [-0.4, -0.2) is 36.4 Å². The zero-order chi connectivity index (χ0) is 17.4. The Kier molecular flexibility index (Phi) is 3.84. The van der Waals surface area contributed by atoms with Crippen LogP contribution in [0.15, 0.2) is 24.7 Å². The summed E-state index contributed by atoms with van der Waals surface area (Å²) in [5.74, 6) is -0.438. The second kappa shape index (κ2) is 5.84. The van der Waals surface area contributed by atoms with Crippen LogP contribution in [0.5, 0.6) is 0 Å². The number of aliphatic carboxylic acids is 1. The van der Waals surface area contributed by atoms with Crippen LogP contribution in [0.1, 0.15) is 28.8 Å². The summed E-state index contributed by atoms with van der Waals surface area (Å²) in [6.45, 7) is 4.83. The van der Waals surface area contributed by atoms with Gasteiger partial charge in [-0.15, -0.1) is 0 Å². The normalized spacial score (nSPS) is 11.0. The molecule has 0 amide bonds. The van der Waals surface area contributed by atoms with Gasteiger partial charge in [-0.1, -0.05) is 0 Å². The number of pyridine rings is 1. The Morgan fingerprint density at radius 2 is 1.88 bits per heavy atom. The van der Waals surface area contributed by atoms with E-state index in [1.807, 2.05) is 0 Å².